The standard InChI is InChI=1S/C12H17NO4.Na/c14-8-6-13(7-9-15)11(12(16)17)10-4-2-1-3-5-10;/h1-5,11,14-15H,6-9H2,(H,16,17);/q;+1/p-1. The van der Waals surface area contributed by atoms with E-state index in [9.17, 15) is 9.90 Å². The Balaban J connectivity index is 0.00000289. The van der Waals surface area contributed by atoms with Crippen molar-refractivity contribution in [3.63, 3.8) is 0 Å². The molecule has 0 saturated heterocycles. The largest absolute Gasteiger partial charge is 1.00 e. The summed E-state index contributed by atoms with van der Waals surface area (Å²) in [6.45, 7) is 0.00935. The van der Waals surface area contributed by atoms with Gasteiger partial charge in [0.15, 0.2) is 0 Å². The van der Waals surface area contributed by atoms with Crippen LogP contribution in [0.3, 0.4) is 0 Å². The van der Waals surface area contributed by atoms with E-state index in [-0.39, 0.29) is 55.9 Å². The molecule has 0 aliphatic carbocycles. The molecule has 1 unspecified atom stereocenters. The molecule has 5 nitrogen and oxygen atoms in total. The molecule has 0 bridgehead atoms. The number of carbonyl (C=O) groups excluding carboxylic acids is 1. The SMILES string of the molecule is O=C([O-])C(c1ccccc1)N(CCO)CCO.[Na+]. The number of hydrogen-bond acceptors (Lipinski definition) is 5. The molecular formula is C12H16NNaO4. The summed E-state index contributed by atoms with van der Waals surface area (Å²) in [5.74, 6) is -1.24. The zero-order chi connectivity index (χ0) is 12.7. The molecule has 0 radical (unpaired) electrons. The second-order valence-corrected chi connectivity index (χ2v) is 3.62. The third-order valence-corrected chi connectivity index (χ3v) is 2.48. The first-order valence-electron chi connectivity index (χ1n) is 5.42. The number of aliphatic hydroxyl groups excluding tert-OH is 2. The minimum absolute atomic E-state index is 0. The summed E-state index contributed by atoms with van der Waals surface area (Å²) < 4.78 is 0. The number of aliphatic carboxylic acids is 1. The number of hydrogen-bond donors (Lipinski definition) is 2. The van der Waals surface area contributed by atoms with E-state index in [2.05, 4.69) is 0 Å². The fourth-order valence-corrected chi connectivity index (χ4v) is 1.76. The van der Waals surface area contributed by atoms with Crippen molar-refractivity contribution in [1.29, 1.82) is 0 Å². The first kappa shape index (κ1) is 17.6. The monoisotopic (exact) mass is 261 g/mol. The zero-order valence-electron chi connectivity index (χ0n) is 10.5. The number of nitrogens with zero attached hydrogens (tertiary/aromatic N) is 1. The van der Waals surface area contributed by atoms with Gasteiger partial charge in [-0.05, 0) is 5.56 Å². The van der Waals surface area contributed by atoms with Crippen molar-refractivity contribution < 1.29 is 49.7 Å². The van der Waals surface area contributed by atoms with E-state index in [0.29, 0.717) is 5.56 Å². The van der Waals surface area contributed by atoms with Gasteiger partial charge in [0.2, 0.25) is 0 Å². The second kappa shape index (κ2) is 9.49. The van der Waals surface area contributed by atoms with Crippen LogP contribution in [0.1, 0.15) is 11.6 Å². The van der Waals surface area contributed by atoms with Gasteiger partial charge in [0, 0.05) is 13.1 Å². The van der Waals surface area contributed by atoms with Gasteiger partial charge in [-0.15, -0.1) is 0 Å². The number of benzene rings is 1. The number of aliphatic hydroxyl groups is 2. The number of rotatable bonds is 7. The fraction of sp³-hybridized carbons (Fsp3) is 0.417. The van der Waals surface area contributed by atoms with Crippen LogP contribution in [0.25, 0.3) is 0 Å². The summed E-state index contributed by atoms with van der Waals surface area (Å²) in [7, 11) is 0. The zero-order valence-corrected chi connectivity index (χ0v) is 12.5. The second-order valence-electron chi connectivity index (χ2n) is 3.62. The molecule has 0 aromatic heterocycles. The Morgan fingerprint density at radius 2 is 1.67 bits per heavy atom. The molecule has 0 aliphatic rings. The van der Waals surface area contributed by atoms with Gasteiger partial charge in [-0.1, -0.05) is 30.3 Å². The smallest absolute Gasteiger partial charge is 0.548 e. The first-order chi connectivity index (χ1) is 8.20. The van der Waals surface area contributed by atoms with E-state index in [4.69, 9.17) is 10.2 Å². The Morgan fingerprint density at radius 3 is 2.06 bits per heavy atom. The average molecular weight is 261 g/mol. The third kappa shape index (κ3) is 5.06. The minimum atomic E-state index is -1.24. The summed E-state index contributed by atoms with van der Waals surface area (Å²) in [5, 5.41) is 29.0. The topological polar surface area (TPSA) is 83.8 Å². The van der Waals surface area contributed by atoms with Gasteiger partial charge in [0.25, 0.3) is 0 Å². The molecule has 1 rings (SSSR count). The minimum Gasteiger partial charge on any atom is -0.548 e. The van der Waals surface area contributed by atoms with Crippen LogP contribution in [0.5, 0.6) is 0 Å². The van der Waals surface area contributed by atoms with Gasteiger partial charge in [-0.25, -0.2) is 0 Å². The van der Waals surface area contributed by atoms with Gasteiger partial charge in [-0.2, -0.15) is 0 Å². The molecule has 18 heavy (non-hydrogen) atoms. The van der Waals surface area contributed by atoms with Crippen LogP contribution >= 0.6 is 0 Å². The molecule has 0 amide bonds. The van der Waals surface area contributed by atoms with Crippen LogP contribution in [-0.4, -0.2) is 47.4 Å². The van der Waals surface area contributed by atoms with Crippen molar-refractivity contribution in [2.45, 2.75) is 6.04 Å². The predicted octanol–water partition coefficient (Wildman–Crippen LogP) is -4.23. The van der Waals surface area contributed by atoms with E-state index in [1.807, 2.05) is 0 Å². The molecule has 1 atom stereocenters. The number of carboxylic acids is 1. The third-order valence-electron chi connectivity index (χ3n) is 2.48. The van der Waals surface area contributed by atoms with Crippen LogP contribution in [0.15, 0.2) is 30.3 Å². The van der Waals surface area contributed by atoms with Crippen molar-refractivity contribution in [3.8, 4) is 0 Å². The van der Waals surface area contributed by atoms with Crippen LogP contribution in [-0.2, 0) is 4.79 Å². The number of carboxylic acid groups (broad SMARTS) is 1. The molecule has 1 aromatic carbocycles. The quantitative estimate of drug-likeness (QED) is 0.486. The van der Waals surface area contributed by atoms with E-state index in [1.54, 1.807) is 30.3 Å². The molecule has 94 valence electrons. The molecule has 0 saturated carbocycles. The summed E-state index contributed by atoms with van der Waals surface area (Å²) in [6.07, 6.45) is 0. The van der Waals surface area contributed by atoms with Gasteiger partial charge < -0.3 is 20.1 Å². The fourth-order valence-electron chi connectivity index (χ4n) is 1.76. The maximum atomic E-state index is 11.2. The Hall–Kier alpha value is -0.430. The molecule has 2 N–H and O–H groups in total. The van der Waals surface area contributed by atoms with Gasteiger partial charge in [0.05, 0.1) is 25.2 Å². The van der Waals surface area contributed by atoms with Crippen LogP contribution in [0, 0.1) is 0 Å². The van der Waals surface area contributed by atoms with E-state index >= 15 is 0 Å². The molecular weight excluding hydrogens is 245 g/mol. The van der Waals surface area contributed by atoms with Gasteiger partial charge >= 0.3 is 29.6 Å². The van der Waals surface area contributed by atoms with E-state index < -0.39 is 12.0 Å². The van der Waals surface area contributed by atoms with Crippen molar-refractivity contribution in [1.82, 2.24) is 4.90 Å². The van der Waals surface area contributed by atoms with Crippen molar-refractivity contribution in [2.75, 3.05) is 26.3 Å². The molecule has 0 fully saturated rings. The molecule has 0 spiro atoms. The normalized spacial score (nSPS) is 11.9. The maximum Gasteiger partial charge on any atom is 1.00 e. The van der Waals surface area contributed by atoms with Crippen molar-refractivity contribution in [3.05, 3.63) is 35.9 Å². The summed E-state index contributed by atoms with van der Waals surface area (Å²) >= 11 is 0. The van der Waals surface area contributed by atoms with Crippen LogP contribution < -0.4 is 34.7 Å². The first-order valence-corrected chi connectivity index (χ1v) is 5.42. The summed E-state index contributed by atoms with van der Waals surface area (Å²) in [6, 6.07) is 7.68. The Bertz CT molecular complexity index is 341. The summed E-state index contributed by atoms with van der Waals surface area (Å²) in [4.78, 5) is 12.7. The Morgan fingerprint density at radius 1 is 1.17 bits per heavy atom. The Kier molecular flexibility index (Phi) is 9.27. The maximum absolute atomic E-state index is 11.2. The van der Waals surface area contributed by atoms with Crippen LogP contribution in [0.4, 0.5) is 0 Å². The van der Waals surface area contributed by atoms with Crippen molar-refractivity contribution in [2.24, 2.45) is 0 Å². The van der Waals surface area contributed by atoms with E-state index in [0.717, 1.165) is 0 Å². The van der Waals surface area contributed by atoms with Gasteiger partial charge in [-0.3, -0.25) is 4.90 Å². The molecule has 1 aromatic rings. The number of carbonyl (C=O) groups is 1. The van der Waals surface area contributed by atoms with Crippen molar-refractivity contribution >= 4 is 5.97 Å². The van der Waals surface area contributed by atoms with Crippen LogP contribution in [0.2, 0.25) is 0 Å². The van der Waals surface area contributed by atoms with Gasteiger partial charge in [0.1, 0.15) is 0 Å². The predicted molar refractivity (Wildman–Crippen MR) is 59.9 cm³/mol. The Labute approximate surface area is 128 Å². The van der Waals surface area contributed by atoms with E-state index in [1.165, 1.54) is 4.90 Å². The molecule has 0 heterocycles. The molecule has 0 aliphatic heterocycles. The molecule has 6 heteroatoms. The summed E-state index contributed by atoms with van der Waals surface area (Å²) in [5.41, 5.74) is 0.578. The average Bonchev–Trinajstić information content (AvgIpc) is 2.31.